The highest BCUT2D eigenvalue weighted by molar-refractivity contribution is 5.79. The number of hydrogen-bond acceptors (Lipinski definition) is 2. The zero-order valence-corrected chi connectivity index (χ0v) is 10.0. The number of allylic oxidation sites excluding steroid dienone is 1. The van der Waals surface area contributed by atoms with Crippen molar-refractivity contribution in [2.75, 3.05) is 6.61 Å². The summed E-state index contributed by atoms with van der Waals surface area (Å²) in [4.78, 5) is 11.9. The lowest BCUT2D eigenvalue weighted by Gasteiger charge is -2.24. The molecule has 1 aromatic carbocycles. The van der Waals surface area contributed by atoms with Gasteiger partial charge >= 0.3 is 5.97 Å². The Labute approximate surface area is 102 Å². The number of carbonyl (C=O) groups is 1. The summed E-state index contributed by atoms with van der Waals surface area (Å²) < 4.78 is 5.16. The van der Waals surface area contributed by atoms with Gasteiger partial charge in [0.2, 0.25) is 0 Å². The third kappa shape index (κ3) is 2.57. The first-order valence-corrected chi connectivity index (χ1v) is 6.09. The molecule has 0 aliphatic carbocycles. The zero-order chi connectivity index (χ0) is 12.1. The van der Waals surface area contributed by atoms with Gasteiger partial charge in [0.1, 0.15) is 0 Å². The van der Waals surface area contributed by atoms with Crippen LogP contribution in [0.3, 0.4) is 0 Å². The number of cyclic esters (lactones) is 1. The van der Waals surface area contributed by atoms with E-state index < -0.39 is 0 Å². The van der Waals surface area contributed by atoms with E-state index in [-0.39, 0.29) is 11.4 Å². The summed E-state index contributed by atoms with van der Waals surface area (Å²) in [5.74, 6) is -0.0387. The molecule has 0 saturated carbocycles. The van der Waals surface area contributed by atoms with Gasteiger partial charge < -0.3 is 4.74 Å². The first-order valence-electron chi connectivity index (χ1n) is 6.09. The number of benzene rings is 1. The van der Waals surface area contributed by atoms with Crippen LogP contribution in [0.4, 0.5) is 0 Å². The Morgan fingerprint density at radius 2 is 2.12 bits per heavy atom. The van der Waals surface area contributed by atoms with E-state index in [9.17, 15) is 4.79 Å². The molecule has 1 aliphatic heterocycles. The maximum absolute atomic E-state index is 11.9. The van der Waals surface area contributed by atoms with Gasteiger partial charge in [-0.15, -0.1) is 6.58 Å². The molecule has 2 nitrogen and oxygen atoms in total. The molecule has 0 aromatic heterocycles. The van der Waals surface area contributed by atoms with E-state index in [4.69, 9.17) is 4.74 Å². The van der Waals surface area contributed by atoms with E-state index in [2.05, 4.69) is 18.7 Å². The lowest BCUT2D eigenvalue weighted by Crippen LogP contribution is -2.29. The van der Waals surface area contributed by atoms with Crippen molar-refractivity contribution in [3.8, 4) is 0 Å². The number of carbonyl (C=O) groups excluding carboxylic acids is 1. The average Bonchev–Trinajstić information content (AvgIpc) is 2.70. The van der Waals surface area contributed by atoms with Crippen molar-refractivity contribution in [1.29, 1.82) is 0 Å². The lowest BCUT2D eigenvalue weighted by molar-refractivity contribution is -0.146. The molecule has 0 amide bonds. The Morgan fingerprint density at radius 3 is 2.71 bits per heavy atom. The predicted octanol–water partition coefficient (Wildman–Crippen LogP) is 3.13. The zero-order valence-electron chi connectivity index (χ0n) is 10.0. The molecule has 1 aromatic rings. The smallest absolute Gasteiger partial charge is 0.312 e. The van der Waals surface area contributed by atoms with Crippen molar-refractivity contribution in [3.05, 3.63) is 48.6 Å². The summed E-state index contributed by atoms with van der Waals surface area (Å²) in [6.07, 6.45) is 5.18. The van der Waals surface area contributed by atoms with Crippen molar-refractivity contribution in [1.82, 2.24) is 0 Å². The van der Waals surface area contributed by atoms with Crippen LogP contribution in [0.2, 0.25) is 0 Å². The predicted molar refractivity (Wildman–Crippen MR) is 67.6 cm³/mol. The first-order chi connectivity index (χ1) is 8.27. The van der Waals surface area contributed by atoms with Crippen LogP contribution in [0.5, 0.6) is 0 Å². The van der Waals surface area contributed by atoms with Crippen molar-refractivity contribution in [2.45, 2.75) is 25.7 Å². The number of hydrogen-bond donors (Lipinski definition) is 0. The van der Waals surface area contributed by atoms with Crippen LogP contribution in [0.1, 0.15) is 24.8 Å². The molecule has 0 radical (unpaired) electrons. The maximum Gasteiger partial charge on any atom is 0.312 e. The van der Waals surface area contributed by atoms with Crippen LogP contribution in [-0.4, -0.2) is 12.6 Å². The monoisotopic (exact) mass is 230 g/mol. The molecule has 1 aliphatic rings. The van der Waals surface area contributed by atoms with E-state index in [1.807, 2.05) is 24.3 Å². The van der Waals surface area contributed by atoms with Crippen molar-refractivity contribution in [2.24, 2.45) is 5.41 Å². The molecule has 17 heavy (non-hydrogen) atoms. The Balaban J connectivity index is 2.16. The van der Waals surface area contributed by atoms with Crippen molar-refractivity contribution < 1.29 is 9.53 Å². The minimum absolute atomic E-state index is 0.0387. The second kappa shape index (κ2) is 5.17. The van der Waals surface area contributed by atoms with E-state index in [0.29, 0.717) is 6.61 Å². The van der Waals surface area contributed by atoms with Crippen LogP contribution in [-0.2, 0) is 16.0 Å². The average molecular weight is 230 g/mol. The topological polar surface area (TPSA) is 26.3 Å². The van der Waals surface area contributed by atoms with Crippen molar-refractivity contribution in [3.63, 3.8) is 0 Å². The third-order valence-corrected chi connectivity index (χ3v) is 3.46. The molecule has 1 atom stereocenters. The Hall–Kier alpha value is -1.57. The SMILES string of the molecule is C=CCCC1(Cc2ccccc2)CCOC1=O. The van der Waals surface area contributed by atoms with Crippen LogP contribution in [0, 0.1) is 5.41 Å². The number of ether oxygens (including phenoxy) is 1. The third-order valence-electron chi connectivity index (χ3n) is 3.46. The number of esters is 1. The number of rotatable bonds is 5. The summed E-state index contributed by atoms with van der Waals surface area (Å²) in [6, 6.07) is 10.2. The van der Waals surface area contributed by atoms with Gasteiger partial charge in [0.15, 0.2) is 0 Å². The molecule has 2 rings (SSSR count). The van der Waals surface area contributed by atoms with Gasteiger partial charge in [-0.1, -0.05) is 36.4 Å². The van der Waals surface area contributed by atoms with Gasteiger partial charge in [0.05, 0.1) is 12.0 Å². The van der Waals surface area contributed by atoms with Crippen LogP contribution < -0.4 is 0 Å². The molecule has 0 bridgehead atoms. The lowest BCUT2D eigenvalue weighted by atomic mass is 9.76. The molecule has 0 spiro atoms. The van der Waals surface area contributed by atoms with E-state index in [1.54, 1.807) is 0 Å². The molecule has 1 unspecified atom stereocenters. The minimum atomic E-state index is -0.324. The highest BCUT2D eigenvalue weighted by Gasteiger charge is 2.43. The highest BCUT2D eigenvalue weighted by atomic mass is 16.5. The fraction of sp³-hybridized carbons (Fsp3) is 0.400. The van der Waals surface area contributed by atoms with Crippen LogP contribution in [0.15, 0.2) is 43.0 Å². The fourth-order valence-electron chi connectivity index (χ4n) is 2.44. The van der Waals surface area contributed by atoms with Gasteiger partial charge in [0.25, 0.3) is 0 Å². The summed E-state index contributed by atoms with van der Waals surface area (Å²) in [6.45, 7) is 4.29. The Kier molecular flexibility index (Phi) is 3.62. The van der Waals surface area contributed by atoms with Gasteiger partial charge in [-0.25, -0.2) is 0 Å². The van der Waals surface area contributed by atoms with E-state index in [0.717, 1.165) is 25.7 Å². The molecule has 2 heteroatoms. The largest absolute Gasteiger partial charge is 0.465 e. The molecule has 1 fully saturated rings. The summed E-state index contributed by atoms with van der Waals surface area (Å²) in [7, 11) is 0. The molecular weight excluding hydrogens is 212 g/mol. The minimum Gasteiger partial charge on any atom is -0.465 e. The van der Waals surface area contributed by atoms with Gasteiger partial charge in [-0.2, -0.15) is 0 Å². The quantitative estimate of drug-likeness (QED) is 0.574. The Bertz CT molecular complexity index is 397. The summed E-state index contributed by atoms with van der Waals surface area (Å²) in [5.41, 5.74) is 0.880. The molecule has 1 saturated heterocycles. The van der Waals surface area contributed by atoms with Crippen LogP contribution >= 0.6 is 0 Å². The molecular formula is C15H18O2. The van der Waals surface area contributed by atoms with Gasteiger partial charge in [-0.05, 0) is 31.2 Å². The maximum atomic E-state index is 11.9. The molecule has 0 N–H and O–H groups in total. The molecule has 1 heterocycles. The van der Waals surface area contributed by atoms with Crippen LogP contribution in [0.25, 0.3) is 0 Å². The normalized spacial score (nSPS) is 23.4. The first kappa shape index (κ1) is 11.9. The Morgan fingerprint density at radius 1 is 1.35 bits per heavy atom. The van der Waals surface area contributed by atoms with Gasteiger partial charge in [-0.3, -0.25) is 4.79 Å². The fourth-order valence-corrected chi connectivity index (χ4v) is 2.44. The van der Waals surface area contributed by atoms with Crippen molar-refractivity contribution >= 4 is 5.97 Å². The highest BCUT2D eigenvalue weighted by Crippen LogP contribution is 2.38. The summed E-state index contributed by atoms with van der Waals surface area (Å²) >= 11 is 0. The van der Waals surface area contributed by atoms with Gasteiger partial charge in [0, 0.05) is 0 Å². The van der Waals surface area contributed by atoms with E-state index >= 15 is 0 Å². The summed E-state index contributed by atoms with van der Waals surface area (Å²) in [5, 5.41) is 0. The second-order valence-corrected chi connectivity index (χ2v) is 4.66. The molecule has 90 valence electrons. The second-order valence-electron chi connectivity index (χ2n) is 4.66. The standard InChI is InChI=1S/C15H18O2/c1-2-3-9-15(10-11-17-14(15)16)12-13-7-5-4-6-8-13/h2,4-8H,1,3,9-12H2. The van der Waals surface area contributed by atoms with E-state index in [1.165, 1.54) is 5.56 Å².